The zero-order valence-corrected chi connectivity index (χ0v) is 16.3. The molecule has 138 valence electrons. The minimum absolute atomic E-state index is 0.0224. The lowest BCUT2D eigenvalue weighted by Gasteiger charge is -2.25. The van der Waals surface area contributed by atoms with E-state index in [4.69, 9.17) is 0 Å². The van der Waals surface area contributed by atoms with E-state index < -0.39 is 0 Å². The zero-order valence-electron chi connectivity index (χ0n) is 14.7. The van der Waals surface area contributed by atoms with E-state index in [1.165, 1.54) is 4.68 Å². The fraction of sp³-hybridized carbons (Fsp3) is 0.526. The summed E-state index contributed by atoms with van der Waals surface area (Å²) in [6.45, 7) is 1.49. The molecule has 1 fully saturated rings. The van der Waals surface area contributed by atoms with E-state index in [1.807, 2.05) is 17.0 Å². The van der Waals surface area contributed by atoms with Crippen LogP contribution in [0.3, 0.4) is 0 Å². The molecule has 7 heteroatoms. The lowest BCUT2D eigenvalue weighted by atomic mass is 10.0. The molecular weight excluding hydrogens is 396 g/mol. The van der Waals surface area contributed by atoms with Crippen LogP contribution < -0.4 is 5.69 Å². The molecule has 6 nitrogen and oxygen atoms in total. The molecule has 26 heavy (non-hydrogen) atoms. The number of hydrogen-bond acceptors (Lipinski definition) is 3. The first-order valence-electron chi connectivity index (χ1n) is 9.35. The smallest absolute Gasteiger partial charge is 0.334 e. The molecule has 1 aromatic carbocycles. The number of nitrogens with zero attached hydrogens (tertiary/aromatic N) is 4. The van der Waals surface area contributed by atoms with Crippen molar-refractivity contribution in [3.8, 4) is 0 Å². The Kier molecular flexibility index (Phi) is 4.98. The van der Waals surface area contributed by atoms with Crippen LogP contribution in [0.5, 0.6) is 0 Å². The number of carbonyl (C=O) groups excluding carboxylic acids is 1. The van der Waals surface area contributed by atoms with E-state index in [0.717, 1.165) is 60.9 Å². The number of fused-ring (bicyclic) bond motifs is 1. The van der Waals surface area contributed by atoms with Gasteiger partial charge in [-0.3, -0.25) is 9.36 Å². The van der Waals surface area contributed by atoms with Gasteiger partial charge in [0.05, 0.1) is 6.04 Å². The number of likely N-dealkylation sites (tertiary alicyclic amines) is 1. The van der Waals surface area contributed by atoms with Gasteiger partial charge < -0.3 is 4.90 Å². The molecule has 1 aromatic heterocycles. The van der Waals surface area contributed by atoms with Crippen molar-refractivity contribution < 1.29 is 4.79 Å². The number of halogens is 1. The van der Waals surface area contributed by atoms with Crippen molar-refractivity contribution in [1.82, 2.24) is 19.2 Å². The zero-order chi connectivity index (χ0) is 18.1. The maximum absolute atomic E-state index is 12.9. The summed E-state index contributed by atoms with van der Waals surface area (Å²) in [6.07, 6.45) is 5.96. The Bertz CT molecular complexity index is 855. The van der Waals surface area contributed by atoms with Gasteiger partial charge in [-0.1, -0.05) is 34.5 Å². The molecule has 1 unspecified atom stereocenters. The molecule has 2 aromatic rings. The molecular formula is C19H23BrN4O2. The van der Waals surface area contributed by atoms with Crippen molar-refractivity contribution in [3.63, 3.8) is 0 Å². The Hall–Kier alpha value is -1.89. The summed E-state index contributed by atoms with van der Waals surface area (Å²) in [5, 5.41) is 4.44. The maximum atomic E-state index is 12.9. The maximum Gasteiger partial charge on any atom is 0.346 e. The highest BCUT2D eigenvalue weighted by Crippen LogP contribution is 2.32. The Balaban J connectivity index is 1.53. The molecule has 0 aliphatic carbocycles. The fourth-order valence-corrected chi connectivity index (χ4v) is 4.31. The van der Waals surface area contributed by atoms with Gasteiger partial charge in [0.2, 0.25) is 5.91 Å². The van der Waals surface area contributed by atoms with E-state index in [0.29, 0.717) is 6.54 Å². The lowest BCUT2D eigenvalue weighted by molar-refractivity contribution is -0.133. The summed E-state index contributed by atoms with van der Waals surface area (Å²) in [7, 11) is 0. The van der Waals surface area contributed by atoms with E-state index in [1.54, 1.807) is 4.57 Å². The number of amides is 1. The first kappa shape index (κ1) is 17.5. The van der Waals surface area contributed by atoms with E-state index >= 15 is 0 Å². The van der Waals surface area contributed by atoms with Crippen LogP contribution in [0, 0.1) is 0 Å². The molecule has 0 saturated carbocycles. The summed E-state index contributed by atoms with van der Waals surface area (Å²) < 4.78 is 4.14. The van der Waals surface area contributed by atoms with Crippen LogP contribution in [0.1, 0.15) is 49.5 Å². The summed E-state index contributed by atoms with van der Waals surface area (Å²) in [5.41, 5.74) is 1.00. The van der Waals surface area contributed by atoms with Crippen LogP contribution in [-0.2, 0) is 24.3 Å². The normalized spacial score (nSPS) is 20.0. The summed E-state index contributed by atoms with van der Waals surface area (Å²) in [4.78, 5) is 27.4. The van der Waals surface area contributed by atoms with Gasteiger partial charge in [0.15, 0.2) is 0 Å². The molecule has 2 aliphatic rings. The molecule has 1 atom stereocenters. The van der Waals surface area contributed by atoms with Gasteiger partial charge in [-0.05, 0) is 43.4 Å². The third-order valence-corrected chi connectivity index (χ3v) is 5.92. The van der Waals surface area contributed by atoms with Gasteiger partial charge in [0.25, 0.3) is 0 Å². The van der Waals surface area contributed by atoms with Gasteiger partial charge in [-0.25, -0.2) is 9.48 Å². The number of aryl methyl sites for hydroxylation is 1. The summed E-state index contributed by atoms with van der Waals surface area (Å²) >= 11 is 3.45. The highest BCUT2D eigenvalue weighted by molar-refractivity contribution is 9.10. The minimum atomic E-state index is -0.144. The van der Waals surface area contributed by atoms with E-state index in [2.05, 4.69) is 33.2 Å². The van der Waals surface area contributed by atoms with E-state index in [-0.39, 0.29) is 24.2 Å². The monoisotopic (exact) mass is 418 g/mol. The Morgan fingerprint density at radius 2 is 1.92 bits per heavy atom. The van der Waals surface area contributed by atoms with Crippen LogP contribution in [0.15, 0.2) is 33.5 Å². The summed E-state index contributed by atoms with van der Waals surface area (Å²) in [5.74, 6) is 0.803. The third-order valence-electron chi connectivity index (χ3n) is 5.39. The summed E-state index contributed by atoms with van der Waals surface area (Å²) in [6, 6.07) is 8.23. The lowest BCUT2D eigenvalue weighted by Crippen LogP contribution is -2.37. The minimum Gasteiger partial charge on any atom is -0.334 e. The number of carbonyl (C=O) groups is 1. The molecule has 1 amide bonds. The van der Waals surface area contributed by atoms with Crippen molar-refractivity contribution in [2.24, 2.45) is 0 Å². The molecule has 0 bridgehead atoms. The predicted octanol–water partition coefficient (Wildman–Crippen LogP) is 2.90. The van der Waals surface area contributed by atoms with Crippen LogP contribution >= 0.6 is 15.9 Å². The molecule has 0 spiro atoms. The van der Waals surface area contributed by atoms with Crippen LogP contribution in [0.25, 0.3) is 0 Å². The first-order chi connectivity index (χ1) is 12.6. The highest BCUT2D eigenvalue weighted by Gasteiger charge is 2.30. The Morgan fingerprint density at radius 1 is 1.12 bits per heavy atom. The number of hydrogen-bond donors (Lipinski definition) is 0. The van der Waals surface area contributed by atoms with Gasteiger partial charge in [-0.15, -0.1) is 0 Å². The second-order valence-electron chi connectivity index (χ2n) is 7.12. The highest BCUT2D eigenvalue weighted by atomic mass is 79.9. The standard InChI is InChI=1S/C19H23BrN4O2/c20-15-9-7-14(8-10-15)16-5-4-12-22(16)18(25)13-24-19(26)23-11-3-1-2-6-17(23)21-24/h7-10,16H,1-6,11-13H2. The van der Waals surface area contributed by atoms with E-state index in [9.17, 15) is 9.59 Å². The Labute approximate surface area is 160 Å². The topological polar surface area (TPSA) is 60.1 Å². The molecule has 0 radical (unpaired) electrons. The molecule has 1 saturated heterocycles. The van der Waals surface area contributed by atoms with Crippen LogP contribution in [-0.4, -0.2) is 31.7 Å². The number of benzene rings is 1. The van der Waals surface area contributed by atoms with Gasteiger partial charge >= 0.3 is 5.69 Å². The number of aromatic nitrogens is 3. The average molecular weight is 419 g/mol. The Morgan fingerprint density at radius 3 is 2.73 bits per heavy atom. The molecule has 2 aliphatic heterocycles. The SMILES string of the molecule is O=C(Cn1nc2n(c1=O)CCCCC2)N1CCCC1c1ccc(Br)cc1. The van der Waals surface area contributed by atoms with Gasteiger partial charge in [0, 0.05) is 24.0 Å². The van der Waals surface area contributed by atoms with Crippen molar-refractivity contribution in [1.29, 1.82) is 0 Å². The van der Waals surface area contributed by atoms with Crippen molar-refractivity contribution >= 4 is 21.8 Å². The average Bonchev–Trinajstić information content (AvgIpc) is 3.15. The predicted molar refractivity (Wildman–Crippen MR) is 102 cm³/mol. The van der Waals surface area contributed by atoms with Crippen molar-refractivity contribution in [2.75, 3.05) is 6.54 Å². The van der Waals surface area contributed by atoms with Gasteiger partial charge in [0.1, 0.15) is 12.4 Å². The van der Waals surface area contributed by atoms with Crippen molar-refractivity contribution in [2.45, 2.75) is 57.7 Å². The second kappa shape index (κ2) is 7.39. The number of rotatable bonds is 3. The molecule has 4 rings (SSSR count). The second-order valence-corrected chi connectivity index (χ2v) is 8.03. The first-order valence-corrected chi connectivity index (χ1v) is 10.1. The van der Waals surface area contributed by atoms with Crippen LogP contribution in [0.2, 0.25) is 0 Å². The quantitative estimate of drug-likeness (QED) is 0.769. The van der Waals surface area contributed by atoms with Crippen LogP contribution in [0.4, 0.5) is 0 Å². The largest absolute Gasteiger partial charge is 0.346 e. The van der Waals surface area contributed by atoms with Crippen molar-refractivity contribution in [3.05, 3.63) is 50.6 Å². The molecule has 3 heterocycles. The fourth-order valence-electron chi connectivity index (χ4n) is 4.04. The molecule has 0 N–H and O–H groups in total. The third kappa shape index (κ3) is 3.37. The van der Waals surface area contributed by atoms with Gasteiger partial charge in [-0.2, -0.15) is 5.10 Å².